The van der Waals surface area contributed by atoms with Crippen molar-refractivity contribution in [2.45, 2.75) is 37.2 Å². The van der Waals surface area contributed by atoms with Gasteiger partial charge < -0.3 is 10.1 Å². The van der Waals surface area contributed by atoms with E-state index >= 15 is 0 Å². The summed E-state index contributed by atoms with van der Waals surface area (Å²) < 4.78 is 36.8. The predicted octanol–water partition coefficient (Wildman–Crippen LogP) is 2.88. The van der Waals surface area contributed by atoms with E-state index in [1.54, 1.807) is 0 Å². The lowest BCUT2D eigenvalue weighted by Gasteiger charge is -2.07. The molecule has 166 valence electrons. The van der Waals surface area contributed by atoms with Crippen LogP contribution in [0.4, 0.5) is 5.69 Å². The highest BCUT2D eigenvalue weighted by Gasteiger charge is 2.20. The first-order chi connectivity index (χ1) is 14.7. The fourth-order valence-electron chi connectivity index (χ4n) is 2.65. The largest absolute Gasteiger partial charge is 0.461 e. The number of hydrogen-bond donors (Lipinski definition) is 2. The van der Waals surface area contributed by atoms with Crippen molar-refractivity contribution in [1.82, 2.24) is 5.32 Å². The smallest absolute Gasteiger partial charge is 0.306 e. The van der Waals surface area contributed by atoms with Crippen LogP contribution in [0.2, 0.25) is 0 Å². The third-order valence-electron chi connectivity index (χ3n) is 4.25. The first kappa shape index (κ1) is 24.0. The zero-order valence-electron chi connectivity index (χ0n) is 16.5. The Labute approximate surface area is 179 Å². The van der Waals surface area contributed by atoms with Gasteiger partial charge in [0.05, 0.1) is 4.92 Å². The van der Waals surface area contributed by atoms with E-state index < -0.39 is 31.5 Å². The molecule has 0 heterocycles. The van der Waals surface area contributed by atoms with Crippen molar-refractivity contribution >= 4 is 27.7 Å². The molecule has 31 heavy (non-hydrogen) atoms. The Balaban J connectivity index is 1.74. The molecule has 0 atom stereocenters. The van der Waals surface area contributed by atoms with Gasteiger partial charge in [0.25, 0.3) is 21.7 Å². The molecule has 2 N–H and O–H groups in total. The Bertz CT molecular complexity index is 1040. The van der Waals surface area contributed by atoms with E-state index in [1.807, 2.05) is 30.3 Å². The lowest BCUT2D eigenvalue weighted by Crippen LogP contribution is -2.24. The summed E-state index contributed by atoms with van der Waals surface area (Å²) in [5.74, 6) is -1.03. The Kier molecular flexibility index (Phi) is 8.64. The molecule has 0 saturated heterocycles. The monoisotopic (exact) mass is 450 g/mol. The molecule has 2 rings (SSSR count). The number of benzene rings is 2. The van der Waals surface area contributed by atoms with E-state index in [4.69, 9.17) is 9.29 Å². The number of non-ortho nitro benzene ring substituents is 1. The van der Waals surface area contributed by atoms with Gasteiger partial charge in [0.2, 0.25) is 0 Å². The SMILES string of the molecule is O=C(CCCCCNC(=O)c1cc([N+](=O)[O-])cc(S(=O)(=O)O)c1)OCc1ccccc1. The molecule has 0 fully saturated rings. The minimum absolute atomic E-state index is 0.213. The number of rotatable bonds is 11. The molecule has 10 nitrogen and oxygen atoms in total. The van der Waals surface area contributed by atoms with Crippen molar-refractivity contribution in [1.29, 1.82) is 0 Å². The number of ether oxygens (including phenoxy) is 1. The van der Waals surface area contributed by atoms with Gasteiger partial charge in [-0.3, -0.25) is 24.3 Å². The van der Waals surface area contributed by atoms with Gasteiger partial charge in [0.15, 0.2) is 0 Å². The molecular formula is C20H22N2O8S. The number of hydrogen-bond acceptors (Lipinski definition) is 7. The average molecular weight is 450 g/mol. The van der Waals surface area contributed by atoms with Crippen molar-refractivity contribution in [3.05, 3.63) is 69.8 Å². The number of nitro groups is 1. The van der Waals surface area contributed by atoms with E-state index in [9.17, 15) is 28.1 Å². The summed E-state index contributed by atoms with van der Waals surface area (Å²) in [6.45, 7) is 0.437. The van der Waals surface area contributed by atoms with Crippen molar-refractivity contribution in [2.24, 2.45) is 0 Å². The van der Waals surface area contributed by atoms with Gasteiger partial charge in [-0.2, -0.15) is 8.42 Å². The second-order valence-corrected chi connectivity index (χ2v) is 8.08. The predicted molar refractivity (Wildman–Crippen MR) is 110 cm³/mol. The molecule has 0 aliphatic carbocycles. The Hall–Kier alpha value is -3.31. The fraction of sp³-hybridized carbons (Fsp3) is 0.300. The average Bonchev–Trinajstić information content (AvgIpc) is 2.74. The van der Waals surface area contributed by atoms with Crippen molar-refractivity contribution in [2.75, 3.05) is 6.54 Å². The first-order valence-electron chi connectivity index (χ1n) is 9.41. The molecule has 0 bridgehead atoms. The summed E-state index contributed by atoms with van der Waals surface area (Å²) in [6, 6.07) is 11.8. The van der Waals surface area contributed by atoms with Crippen molar-refractivity contribution < 1.29 is 32.2 Å². The number of nitro benzene ring substituents is 1. The minimum atomic E-state index is -4.71. The zero-order chi connectivity index (χ0) is 22.9. The quantitative estimate of drug-likeness (QED) is 0.174. The maximum Gasteiger partial charge on any atom is 0.306 e. The fourth-order valence-corrected chi connectivity index (χ4v) is 3.20. The Morgan fingerprint density at radius 3 is 2.42 bits per heavy atom. The topological polar surface area (TPSA) is 153 Å². The van der Waals surface area contributed by atoms with Crippen LogP contribution in [0.5, 0.6) is 0 Å². The Morgan fingerprint density at radius 2 is 1.77 bits per heavy atom. The number of esters is 1. The van der Waals surface area contributed by atoms with Crippen molar-refractivity contribution in [3.63, 3.8) is 0 Å². The van der Waals surface area contributed by atoms with Crippen LogP contribution in [0, 0.1) is 10.1 Å². The third kappa shape index (κ3) is 8.15. The lowest BCUT2D eigenvalue weighted by atomic mass is 10.1. The molecular weight excluding hydrogens is 428 g/mol. The number of nitrogens with zero attached hydrogens (tertiary/aromatic N) is 1. The van der Waals surface area contributed by atoms with Gasteiger partial charge in [-0.05, 0) is 24.5 Å². The van der Waals surface area contributed by atoms with Crippen LogP contribution in [-0.4, -0.2) is 36.3 Å². The van der Waals surface area contributed by atoms with E-state index in [0.29, 0.717) is 25.3 Å². The summed E-state index contributed by atoms with van der Waals surface area (Å²) in [5, 5.41) is 13.5. The molecule has 1 amide bonds. The maximum atomic E-state index is 12.2. The molecule has 0 spiro atoms. The summed E-state index contributed by atoms with van der Waals surface area (Å²) in [5.41, 5.74) is 0.0115. The van der Waals surface area contributed by atoms with E-state index in [0.717, 1.165) is 17.7 Å². The number of amides is 1. The maximum absolute atomic E-state index is 12.2. The standard InChI is InChI=1S/C20H22N2O8S/c23-19(30-14-15-7-3-1-4-8-15)9-5-2-6-10-21-20(24)16-11-17(22(25)26)13-18(12-16)31(27,28)29/h1,3-4,7-8,11-13H,2,5-6,9-10,14H2,(H,21,24)(H,27,28,29). The summed E-state index contributed by atoms with van der Waals surface area (Å²) in [6.07, 6.45) is 1.97. The number of unbranched alkanes of at least 4 members (excludes halogenated alkanes) is 2. The van der Waals surface area contributed by atoms with Crippen LogP contribution in [0.25, 0.3) is 0 Å². The first-order valence-corrected chi connectivity index (χ1v) is 10.9. The highest BCUT2D eigenvalue weighted by atomic mass is 32.2. The third-order valence-corrected chi connectivity index (χ3v) is 5.08. The second kappa shape index (κ2) is 11.2. The van der Waals surface area contributed by atoms with E-state index in [1.165, 1.54) is 0 Å². The molecule has 11 heteroatoms. The molecule has 0 saturated carbocycles. The molecule has 2 aromatic carbocycles. The van der Waals surface area contributed by atoms with Gasteiger partial charge in [0.1, 0.15) is 11.5 Å². The minimum Gasteiger partial charge on any atom is -0.461 e. The van der Waals surface area contributed by atoms with Gasteiger partial charge in [-0.15, -0.1) is 0 Å². The van der Waals surface area contributed by atoms with Crippen LogP contribution in [0.1, 0.15) is 41.6 Å². The summed E-state index contributed by atoms with van der Waals surface area (Å²) in [7, 11) is -4.71. The number of carbonyl (C=O) groups is 2. The van der Waals surface area contributed by atoms with Gasteiger partial charge in [-0.1, -0.05) is 36.8 Å². The van der Waals surface area contributed by atoms with Gasteiger partial charge in [-0.25, -0.2) is 0 Å². The Morgan fingerprint density at radius 1 is 1.06 bits per heavy atom. The van der Waals surface area contributed by atoms with Crippen LogP contribution in [-0.2, 0) is 26.3 Å². The zero-order valence-corrected chi connectivity index (χ0v) is 17.3. The normalized spacial score (nSPS) is 11.0. The highest BCUT2D eigenvalue weighted by Crippen LogP contribution is 2.20. The summed E-state index contributed by atoms with van der Waals surface area (Å²) >= 11 is 0. The van der Waals surface area contributed by atoms with Crippen LogP contribution in [0.15, 0.2) is 53.4 Å². The molecule has 0 unspecified atom stereocenters. The molecule has 0 radical (unpaired) electrons. The van der Waals surface area contributed by atoms with Gasteiger partial charge in [0, 0.05) is 30.7 Å². The molecule has 2 aromatic rings. The second-order valence-electron chi connectivity index (χ2n) is 6.66. The van der Waals surface area contributed by atoms with E-state index in [-0.39, 0.29) is 31.1 Å². The number of carbonyl (C=O) groups excluding carboxylic acids is 2. The van der Waals surface area contributed by atoms with Crippen LogP contribution >= 0.6 is 0 Å². The van der Waals surface area contributed by atoms with Crippen molar-refractivity contribution in [3.8, 4) is 0 Å². The molecule has 0 aromatic heterocycles. The molecule has 0 aliphatic heterocycles. The van der Waals surface area contributed by atoms with E-state index in [2.05, 4.69) is 5.32 Å². The van der Waals surface area contributed by atoms with Gasteiger partial charge >= 0.3 is 5.97 Å². The lowest BCUT2D eigenvalue weighted by molar-refractivity contribution is -0.385. The number of nitrogens with one attached hydrogen (secondary N) is 1. The highest BCUT2D eigenvalue weighted by molar-refractivity contribution is 7.85. The van der Waals surface area contributed by atoms with Crippen LogP contribution < -0.4 is 5.32 Å². The molecule has 0 aliphatic rings. The van der Waals surface area contributed by atoms with Crippen LogP contribution in [0.3, 0.4) is 0 Å². The summed E-state index contributed by atoms with van der Waals surface area (Å²) in [4.78, 5) is 33.2.